The Bertz CT molecular complexity index is 994. The summed E-state index contributed by atoms with van der Waals surface area (Å²) in [5.74, 6) is 1.20. The van der Waals surface area contributed by atoms with E-state index in [1.54, 1.807) is 0 Å². The number of rotatable bonds is 7. The molecule has 5 nitrogen and oxygen atoms in total. The Kier molecular flexibility index (Phi) is 5.16. The van der Waals surface area contributed by atoms with Gasteiger partial charge in [0.15, 0.2) is 5.65 Å². The number of nitrogens with zero attached hydrogens (tertiary/aromatic N) is 4. The maximum atomic E-state index is 7.97. The predicted molar refractivity (Wildman–Crippen MR) is 116 cm³/mol. The van der Waals surface area contributed by atoms with Crippen molar-refractivity contribution in [2.45, 2.75) is 52.9 Å². The maximum Gasteiger partial charge on any atom is 0.166 e. The van der Waals surface area contributed by atoms with Crippen molar-refractivity contribution in [3.05, 3.63) is 46.8 Å². The summed E-state index contributed by atoms with van der Waals surface area (Å²) in [7, 11) is 0. The molecule has 0 amide bonds. The molecular formula is C23H29N5. The van der Waals surface area contributed by atoms with Gasteiger partial charge in [-0.3, -0.25) is 0 Å². The van der Waals surface area contributed by atoms with Gasteiger partial charge in [-0.1, -0.05) is 43.7 Å². The first-order valence-corrected chi connectivity index (χ1v) is 10.4. The Labute approximate surface area is 166 Å². The first kappa shape index (κ1) is 18.7. The van der Waals surface area contributed by atoms with Gasteiger partial charge in [0, 0.05) is 30.6 Å². The zero-order chi connectivity index (χ0) is 19.7. The van der Waals surface area contributed by atoms with Crippen LogP contribution in [0.2, 0.25) is 0 Å². The van der Waals surface area contributed by atoms with Crippen LogP contribution in [0.15, 0.2) is 24.3 Å². The SMILES string of the molecule is CCCN(CCC)c1c2c(nc3c(-c4ccc(C)cc4)c(C=N)nn13)CCC2. The van der Waals surface area contributed by atoms with Crippen molar-refractivity contribution in [3.63, 3.8) is 0 Å². The second-order valence-corrected chi connectivity index (χ2v) is 7.71. The molecule has 1 aliphatic rings. The normalized spacial score (nSPS) is 13.1. The van der Waals surface area contributed by atoms with Crippen molar-refractivity contribution < 1.29 is 0 Å². The summed E-state index contributed by atoms with van der Waals surface area (Å²) in [4.78, 5) is 7.53. The molecule has 0 atom stereocenters. The molecule has 0 aliphatic heterocycles. The number of aryl methyl sites for hydroxylation is 2. The number of benzene rings is 1. The molecule has 0 bridgehead atoms. The topological polar surface area (TPSA) is 57.3 Å². The fourth-order valence-corrected chi connectivity index (χ4v) is 4.31. The third kappa shape index (κ3) is 3.09. The molecule has 0 fully saturated rings. The van der Waals surface area contributed by atoms with Gasteiger partial charge in [0.05, 0.1) is 5.56 Å². The number of hydrogen-bond acceptors (Lipinski definition) is 4. The van der Waals surface area contributed by atoms with Crippen LogP contribution >= 0.6 is 0 Å². The molecule has 1 aromatic carbocycles. The molecule has 5 heteroatoms. The van der Waals surface area contributed by atoms with Crippen LogP contribution in [0.5, 0.6) is 0 Å². The fraction of sp³-hybridized carbons (Fsp3) is 0.435. The highest BCUT2D eigenvalue weighted by molar-refractivity contribution is 5.94. The van der Waals surface area contributed by atoms with E-state index in [1.165, 1.54) is 28.9 Å². The van der Waals surface area contributed by atoms with Gasteiger partial charge in [0.2, 0.25) is 0 Å². The highest BCUT2D eigenvalue weighted by Crippen LogP contribution is 2.36. The summed E-state index contributed by atoms with van der Waals surface area (Å²) < 4.78 is 2.02. The lowest BCUT2D eigenvalue weighted by atomic mass is 10.0. The van der Waals surface area contributed by atoms with Crippen molar-refractivity contribution in [2.75, 3.05) is 18.0 Å². The highest BCUT2D eigenvalue weighted by Gasteiger charge is 2.27. The minimum Gasteiger partial charge on any atom is -0.356 e. The fourth-order valence-electron chi connectivity index (χ4n) is 4.31. The van der Waals surface area contributed by atoms with Crippen molar-refractivity contribution in [3.8, 4) is 11.1 Å². The smallest absolute Gasteiger partial charge is 0.166 e. The zero-order valence-electron chi connectivity index (χ0n) is 17.1. The molecule has 2 aromatic heterocycles. The van der Waals surface area contributed by atoms with Crippen LogP contribution in [0.1, 0.15) is 55.6 Å². The molecule has 0 unspecified atom stereocenters. The summed E-state index contributed by atoms with van der Waals surface area (Å²) in [6.45, 7) is 8.57. The van der Waals surface area contributed by atoms with E-state index < -0.39 is 0 Å². The van der Waals surface area contributed by atoms with Crippen LogP contribution in [0.4, 0.5) is 5.82 Å². The Hall–Kier alpha value is -2.69. The molecule has 0 radical (unpaired) electrons. The minimum atomic E-state index is 0.689. The van der Waals surface area contributed by atoms with E-state index in [1.807, 2.05) is 4.52 Å². The number of anilines is 1. The van der Waals surface area contributed by atoms with E-state index in [-0.39, 0.29) is 0 Å². The molecular weight excluding hydrogens is 346 g/mol. The van der Waals surface area contributed by atoms with Crippen LogP contribution in [0.25, 0.3) is 16.8 Å². The molecule has 3 aromatic rings. The Balaban J connectivity index is 2.01. The maximum absolute atomic E-state index is 7.97. The van der Waals surface area contributed by atoms with Gasteiger partial charge in [0.25, 0.3) is 0 Å². The summed E-state index contributed by atoms with van der Waals surface area (Å²) in [6, 6.07) is 8.45. The van der Waals surface area contributed by atoms with E-state index in [0.717, 1.165) is 62.0 Å². The van der Waals surface area contributed by atoms with Crippen molar-refractivity contribution in [1.82, 2.24) is 14.6 Å². The van der Waals surface area contributed by atoms with Gasteiger partial charge >= 0.3 is 0 Å². The lowest BCUT2D eigenvalue weighted by Crippen LogP contribution is -2.29. The van der Waals surface area contributed by atoms with Crippen molar-refractivity contribution in [2.24, 2.45) is 0 Å². The Morgan fingerprint density at radius 2 is 1.82 bits per heavy atom. The molecule has 28 heavy (non-hydrogen) atoms. The molecule has 2 heterocycles. The number of aromatic nitrogens is 3. The van der Waals surface area contributed by atoms with Gasteiger partial charge in [-0.05, 0) is 44.6 Å². The minimum absolute atomic E-state index is 0.689. The third-order valence-electron chi connectivity index (χ3n) is 5.55. The van der Waals surface area contributed by atoms with Crippen LogP contribution < -0.4 is 4.90 Å². The lowest BCUT2D eigenvalue weighted by molar-refractivity contribution is 0.709. The first-order chi connectivity index (χ1) is 13.7. The van der Waals surface area contributed by atoms with Crippen LogP contribution in [-0.2, 0) is 12.8 Å². The van der Waals surface area contributed by atoms with Gasteiger partial charge in [-0.25, -0.2) is 4.98 Å². The molecule has 0 saturated carbocycles. The van der Waals surface area contributed by atoms with E-state index in [4.69, 9.17) is 15.5 Å². The van der Waals surface area contributed by atoms with Crippen molar-refractivity contribution >= 4 is 17.7 Å². The quantitative estimate of drug-likeness (QED) is 0.603. The van der Waals surface area contributed by atoms with E-state index in [9.17, 15) is 0 Å². The number of fused-ring (bicyclic) bond motifs is 2. The molecule has 1 aliphatic carbocycles. The van der Waals surface area contributed by atoms with E-state index >= 15 is 0 Å². The Morgan fingerprint density at radius 3 is 2.46 bits per heavy atom. The molecule has 146 valence electrons. The third-order valence-corrected chi connectivity index (χ3v) is 5.55. The van der Waals surface area contributed by atoms with Gasteiger partial charge in [-0.15, -0.1) is 0 Å². The summed E-state index contributed by atoms with van der Waals surface area (Å²) >= 11 is 0. The average molecular weight is 376 g/mol. The molecule has 1 N–H and O–H groups in total. The average Bonchev–Trinajstić information content (AvgIpc) is 3.30. The second kappa shape index (κ2) is 7.74. The van der Waals surface area contributed by atoms with E-state index in [0.29, 0.717) is 5.69 Å². The predicted octanol–water partition coefficient (Wildman–Crippen LogP) is 4.82. The Morgan fingerprint density at radius 1 is 1.11 bits per heavy atom. The van der Waals surface area contributed by atoms with E-state index in [2.05, 4.69) is 49.9 Å². The first-order valence-electron chi connectivity index (χ1n) is 10.4. The zero-order valence-corrected chi connectivity index (χ0v) is 17.1. The molecule has 0 saturated heterocycles. The second-order valence-electron chi connectivity index (χ2n) is 7.71. The van der Waals surface area contributed by atoms with Crippen LogP contribution in [-0.4, -0.2) is 33.9 Å². The monoisotopic (exact) mass is 375 g/mol. The number of hydrogen-bond donors (Lipinski definition) is 1. The molecule has 0 spiro atoms. The van der Waals surface area contributed by atoms with Crippen molar-refractivity contribution in [1.29, 1.82) is 5.41 Å². The lowest BCUT2D eigenvalue weighted by Gasteiger charge is -2.26. The van der Waals surface area contributed by atoms with Gasteiger partial charge in [-0.2, -0.15) is 9.61 Å². The standard InChI is InChI=1S/C23H29N5/c1-4-13-27(14-5-2)23-18-7-6-8-19(18)25-22-21(20(15-24)26-28(22)23)17-11-9-16(3)10-12-17/h9-12,15,24H,4-8,13-14H2,1-3H3. The summed E-state index contributed by atoms with van der Waals surface area (Å²) in [5.41, 5.74) is 7.41. The summed E-state index contributed by atoms with van der Waals surface area (Å²) in [6.07, 6.45) is 6.82. The van der Waals surface area contributed by atoms with Crippen LogP contribution in [0.3, 0.4) is 0 Å². The largest absolute Gasteiger partial charge is 0.356 e. The van der Waals surface area contributed by atoms with Crippen LogP contribution in [0, 0.1) is 12.3 Å². The highest BCUT2D eigenvalue weighted by atomic mass is 15.4. The molecule has 4 rings (SSSR count). The van der Waals surface area contributed by atoms with Gasteiger partial charge < -0.3 is 10.3 Å². The summed E-state index contributed by atoms with van der Waals surface area (Å²) in [5, 5.41) is 12.8. The van der Waals surface area contributed by atoms with Gasteiger partial charge in [0.1, 0.15) is 11.5 Å². The number of nitrogens with one attached hydrogen (secondary N) is 1.